The van der Waals surface area contributed by atoms with Crippen molar-refractivity contribution in [2.45, 2.75) is 122 Å². The predicted octanol–water partition coefficient (Wildman–Crippen LogP) is 10.7. The second-order valence-electron chi connectivity index (χ2n) is 13.6. The Bertz CT molecular complexity index is 1240. The highest BCUT2D eigenvalue weighted by atomic mass is 35.5. The van der Waals surface area contributed by atoms with E-state index in [-0.39, 0.29) is 17.6 Å². The Kier molecular flexibility index (Phi) is 17.9. The van der Waals surface area contributed by atoms with E-state index in [4.69, 9.17) is 21.6 Å². The van der Waals surface area contributed by atoms with Gasteiger partial charge in [0.1, 0.15) is 17.8 Å². The Morgan fingerprint density at radius 2 is 1.51 bits per heavy atom. The monoisotopic (exact) mass is 661 g/mol. The van der Waals surface area contributed by atoms with Crippen LogP contribution in [0, 0.1) is 35.0 Å². The lowest BCUT2D eigenvalue weighted by molar-refractivity contribution is -0.124. The third-order valence-electron chi connectivity index (χ3n) is 10.2. The summed E-state index contributed by atoms with van der Waals surface area (Å²) in [5, 5.41) is 8.77. The summed E-state index contributed by atoms with van der Waals surface area (Å²) in [4.78, 5) is 36.3. The number of ketones is 2. The molecular formula is C41H56ClNO4. The van der Waals surface area contributed by atoms with E-state index in [1.54, 1.807) is 24.3 Å². The highest BCUT2D eigenvalue weighted by Gasteiger charge is 2.31. The largest absolute Gasteiger partial charge is 0.494 e. The Morgan fingerprint density at radius 3 is 2.09 bits per heavy atom. The number of hydrogen-bond donors (Lipinski definition) is 0. The van der Waals surface area contributed by atoms with Crippen LogP contribution in [0.3, 0.4) is 0 Å². The summed E-state index contributed by atoms with van der Waals surface area (Å²) in [7, 11) is 0. The normalized spacial score (nSPS) is 21.4. The number of unbranched alkanes of at least 4 members (excludes halogenated alkanes) is 2. The number of carbonyl (C=O) groups excluding carboxylic acids is 3. The van der Waals surface area contributed by atoms with E-state index in [0.29, 0.717) is 29.6 Å². The molecule has 47 heavy (non-hydrogen) atoms. The van der Waals surface area contributed by atoms with Gasteiger partial charge < -0.3 is 9.53 Å². The number of nitriles is 1. The molecule has 1 unspecified atom stereocenters. The zero-order chi connectivity index (χ0) is 33.9. The van der Waals surface area contributed by atoms with E-state index < -0.39 is 0 Å². The summed E-state index contributed by atoms with van der Waals surface area (Å²) >= 11 is 5.74. The predicted molar refractivity (Wildman–Crippen MR) is 191 cm³/mol. The van der Waals surface area contributed by atoms with Crippen LogP contribution >= 0.6 is 11.6 Å². The van der Waals surface area contributed by atoms with Crippen LogP contribution in [0.2, 0.25) is 0 Å². The molecule has 5 nitrogen and oxygen atoms in total. The average Bonchev–Trinajstić information content (AvgIpc) is 3.12. The average molecular weight is 662 g/mol. The van der Waals surface area contributed by atoms with Gasteiger partial charge in [-0.2, -0.15) is 5.26 Å². The first kappa shape index (κ1) is 38.5. The van der Waals surface area contributed by atoms with Crippen LogP contribution in [0.5, 0.6) is 5.75 Å². The van der Waals surface area contributed by atoms with Crippen molar-refractivity contribution in [2.75, 3.05) is 12.5 Å². The van der Waals surface area contributed by atoms with Crippen molar-refractivity contribution in [3.05, 3.63) is 65.2 Å². The smallest absolute Gasteiger partial charge is 0.163 e. The molecule has 0 heterocycles. The van der Waals surface area contributed by atoms with Crippen molar-refractivity contribution in [3.8, 4) is 11.8 Å². The van der Waals surface area contributed by atoms with Gasteiger partial charge >= 0.3 is 0 Å². The van der Waals surface area contributed by atoms with Gasteiger partial charge in [0.2, 0.25) is 0 Å². The molecule has 2 aliphatic rings. The number of carbonyl (C=O) groups is 3. The minimum atomic E-state index is -0.0635. The first-order chi connectivity index (χ1) is 22.9. The van der Waals surface area contributed by atoms with Gasteiger partial charge in [-0.15, -0.1) is 11.6 Å². The molecule has 0 aliphatic heterocycles. The number of halogens is 1. The number of rotatable bonds is 17. The fourth-order valence-electron chi connectivity index (χ4n) is 7.14. The molecule has 0 amide bonds. The highest BCUT2D eigenvalue weighted by Crippen LogP contribution is 2.38. The van der Waals surface area contributed by atoms with Gasteiger partial charge in [-0.3, -0.25) is 9.59 Å². The SMILES string of the molecule is CCCCOc1ccc(C(C=O)C2CCC(C(=O)CCCC)CC2)cc1.N#Cc1ccc(C(=O)CC2CCC(CCCCl)CC2)cc1. The lowest BCUT2D eigenvalue weighted by Gasteiger charge is -2.31. The molecule has 0 N–H and O–H groups in total. The van der Waals surface area contributed by atoms with Crippen molar-refractivity contribution in [1.29, 1.82) is 5.26 Å². The maximum Gasteiger partial charge on any atom is 0.163 e. The van der Waals surface area contributed by atoms with E-state index >= 15 is 0 Å². The standard InChI is InChI=1S/C23H34O3.C18H22ClNO/c1-3-5-7-23(25)20-10-8-18(9-11-20)22(17-24)19-12-14-21(15-13-19)26-16-6-4-2;19-11-1-2-14-3-5-15(6-4-14)12-18(21)17-9-7-16(13-20)8-10-17/h12-15,17-18,20,22H,3-11,16H2,1-2H3;7-10,14-15H,1-6,11-12H2. The third kappa shape index (κ3) is 13.2. The molecule has 6 heteroatoms. The minimum absolute atomic E-state index is 0.0635. The molecule has 4 rings (SSSR count). The number of ether oxygens (including phenoxy) is 1. The molecule has 0 saturated heterocycles. The summed E-state index contributed by atoms with van der Waals surface area (Å²) < 4.78 is 5.71. The molecular weight excluding hydrogens is 606 g/mol. The molecule has 0 radical (unpaired) electrons. The number of Topliss-reactive ketones (excluding diaryl/α,β-unsaturated/α-hetero) is 2. The summed E-state index contributed by atoms with van der Waals surface area (Å²) in [5.74, 6) is 4.13. The molecule has 2 aromatic carbocycles. The van der Waals surface area contributed by atoms with Gasteiger partial charge in [0.15, 0.2) is 5.78 Å². The first-order valence-corrected chi connectivity index (χ1v) is 18.8. The maximum absolute atomic E-state index is 12.3. The Morgan fingerprint density at radius 1 is 0.872 bits per heavy atom. The van der Waals surface area contributed by atoms with Gasteiger partial charge in [-0.1, -0.05) is 63.8 Å². The van der Waals surface area contributed by atoms with E-state index in [0.717, 1.165) is 119 Å². The van der Waals surface area contributed by atoms with Gasteiger partial charge in [0.25, 0.3) is 0 Å². The summed E-state index contributed by atoms with van der Waals surface area (Å²) in [5.41, 5.74) is 2.41. The Labute approximate surface area is 288 Å². The van der Waals surface area contributed by atoms with Gasteiger partial charge in [0.05, 0.1) is 18.2 Å². The molecule has 1 atom stereocenters. The number of aldehydes is 1. The lowest BCUT2D eigenvalue weighted by Crippen LogP contribution is -2.25. The molecule has 0 spiro atoms. The zero-order valence-corrected chi connectivity index (χ0v) is 29.5. The summed E-state index contributed by atoms with van der Waals surface area (Å²) in [6.07, 6.45) is 17.7. The fraction of sp³-hybridized carbons (Fsp3) is 0.610. The first-order valence-electron chi connectivity index (χ1n) is 18.2. The van der Waals surface area contributed by atoms with Gasteiger partial charge in [-0.25, -0.2) is 0 Å². The van der Waals surface area contributed by atoms with Crippen LogP contribution in [0.25, 0.3) is 0 Å². The third-order valence-corrected chi connectivity index (χ3v) is 10.5. The number of nitrogens with zero attached hydrogens (tertiary/aromatic N) is 1. The minimum Gasteiger partial charge on any atom is -0.494 e. The maximum atomic E-state index is 12.3. The molecule has 2 fully saturated rings. The Balaban J connectivity index is 0.000000261. The van der Waals surface area contributed by atoms with Crippen LogP contribution in [0.4, 0.5) is 0 Å². The van der Waals surface area contributed by atoms with Gasteiger partial charge in [0, 0.05) is 36.1 Å². The van der Waals surface area contributed by atoms with Crippen LogP contribution in [0.15, 0.2) is 48.5 Å². The second-order valence-corrected chi connectivity index (χ2v) is 14.0. The van der Waals surface area contributed by atoms with Crippen molar-refractivity contribution >= 4 is 29.5 Å². The van der Waals surface area contributed by atoms with E-state index in [2.05, 4.69) is 19.9 Å². The van der Waals surface area contributed by atoms with E-state index in [1.165, 1.54) is 19.3 Å². The fourth-order valence-corrected chi connectivity index (χ4v) is 7.29. The quantitative estimate of drug-likeness (QED) is 0.0729. The number of hydrogen-bond acceptors (Lipinski definition) is 5. The lowest BCUT2D eigenvalue weighted by atomic mass is 9.72. The van der Waals surface area contributed by atoms with Crippen LogP contribution < -0.4 is 4.74 Å². The van der Waals surface area contributed by atoms with Crippen LogP contribution in [-0.4, -0.2) is 30.3 Å². The van der Waals surface area contributed by atoms with E-state index in [9.17, 15) is 14.4 Å². The van der Waals surface area contributed by atoms with E-state index in [1.807, 2.05) is 24.3 Å². The highest BCUT2D eigenvalue weighted by molar-refractivity contribution is 6.17. The van der Waals surface area contributed by atoms with Crippen molar-refractivity contribution in [2.24, 2.45) is 23.7 Å². The molecule has 2 aliphatic carbocycles. The zero-order valence-electron chi connectivity index (χ0n) is 28.8. The van der Waals surface area contributed by atoms with Crippen molar-refractivity contribution in [1.82, 2.24) is 0 Å². The summed E-state index contributed by atoms with van der Waals surface area (Å²) in [6.45, 7) is 5.01. The Hall–Kier alpha value is -2.97. The summed E-state index contributed by atoms with van der Waals surface area (Å²) in [6, 6.07) is 17.1. The van der Waals surface area contributed by atoms with Gasteiger partial charge in [-0.05, 0) is 112 Å². The number of alkyl halides is 1. The number of benzene rings is 2. The van der Waals surface area contributed by atoms with Crippen LogP contribution in [-0.2, 0) is 9.59 Å². The topological polar surface area (TPSA) is 84.2 Å². The molecule has 256 valence electrons. The molecule has 2 aromatic rings. The molecule has 0 aromatic heterocycles. The van der Waals surface area contributed by atoms with Crippen molar-refractivity contribution < 1.29 is 19.1 Å². The molecule has 2 saturated carbocycles. The molecule has 0 bridgehead atoms. The van der Waals surface area contributed by atoms with Crippen LogP contribution in [0.1, 0.15) is 144 Å². The second kappa shape index (κ2) is 21.8. The van der Waals surface area contributed by atoms with Crippen molar-refractivity contribution in [3.63, 3.8) is 0 Å².